The zero-order valence-corrected chi connectivity index (χ0v) is 16.9. The number of aryl methyl sites for hydroxylation is 1. The van der Waals surface area contributed by atoms with Crippen molar-refractivity contribution in [1.29, 1.82) is 0 Å². The molecule has 2 rings (SSSR count). The molecule has 0 aliphatic heterocycles. The van der Waals surface area contributed by atoms with Crippen molar-refractivity contribution in [3.63, 3.8) is 0 Å². The van der Waals surface area contributed by atoms with E-state index in [0.29, 0.717) is 5.69 Å². The lowest BCUT2D eigenvalue weighted by molar-refractivity contribution is -0.137. The van der Waals surface area contributed by atoms with Crippen LogP contribution in [-0.4, -0.2) is 35.6 Å². The van der Waals surface area contributed by atoms with Gasteiger partial charge in [-0.05, 0) is 31.0 Å². The molecule has 154 valence electrons. The second-order valence-corrected chi connectivity index (χ2v) is 9.26. The minimum Gasteiger partial charge on any atom is -0.310 e. The Hall–Kier alpha value is -2.07. The molecule has 1 N–H and O–H groups in total. The van der Waals surface area contributed by atoms with Gasteiger partial charge in [0.25, 0.3) is 0 Å². The number of nitrogens with zero attached hydrogens (tertiary/aromatic N) is 2. The minimum atomic E-state index is -4.59. The van der Waals surface area contributed by atoms with Gasteiger partial charge in [0, 0.05) is 6.07 Å². The van der Waals surface area contributed by atoms with Gasteiger partial charge in [0.05, 0.1) is 27.7 Å². The minimum absolute atomic E-state index is 0.0148. The molecule has 0 unspecified atom stereocenters. The SMILES string of the molecule is Cc1cc(NC(=O)CS(=O)(=O)CC(C)C)n(-c2cc(C(F)(F)F)ccc2Cl)n1. The molecule has 1 aromatic carbocycles. The molecular weight excluding hydrogens is 419 g/mol. The summed E-state index contributed by atoms with van der Waals surface area (Å²) in [6.07, 6.45) is -4.59. The number of amides is 1. The van der Waals surface area contributed by atoms with Crippen molar-refractivity contribution in [3.05, 3.63) is 40.5 Å². The summed E-state index contributed by atoms with van der Waals surface area (Å²) in [5, 5.41) is 6.44. The van der Waals surface area contributed by atoms with Gasteiger partial charge in [-0.3, -0.25) is 4.79 Å². The fourth-order valence-corrected chi connectivity index (χ4v) is 4.37. The van der Waals surface area contributed by atoms with Gasteiger partial charge < -0.3 is 5.32 Å². The highest BCUT2D eigenvalue weighted by Gasteiger charge is 2.31. The molecule has 1 aromatic heterocycles. The molecule has 11 heteroatoms. The van der Waals surface area contributed by atoms with Gasteiger partial charge in [0.15, 0.2) is 9.84 Å². The molecule has 2 aromatic rings. The average molecular weight is 438 g/mol. The zero-order valence-electron chi connectivity index (χ0n) is 15.3. The predicted molar refractivity (Wildman–Crippen MR) is 100 cm³/mol. The first-order chi connectivity index (χ1) is 12.8. The van der Waals surface area contributed by atoms with E-state index in [9.17, 15) is 26.4 Å². The number of hydrogen-bond donors (Lipinski definition) is 1. The van der Waals surface area contributed by atoms with Crippen LogP contribution < -0.4 is 5.32 Å². The van der Waals surface area contributed by atoms with E-state index in [1.807, 2.05) is 0 Å². The van der Waals surface area contributed by atoms with Gasteiger partial charge >= 0.3 is 6.18 Å². The van der Waals surface area contributed by atoms with Gasteiger partial charge in [-0.25, -0.2) is 13.1 Å². The quantitative estimate of drug-likeness (QED) is 0.744. The van der Waals surface area contributed by atoms with Crippen molar-refractivity contribution < 1.29 is 26.4 Å². The van der Waals surface area contributed by atoms with Crippen molar-refractivity contribution in [2.45, 2.75) is 26.9 Å². The number of sulfone groups is 1. The fraction of sp³-hybridized carbons (Fsp3) is 0.412. The molecule has 0 saturated heterocycles. The Bertz CT molecular complexity index is 985. The number of anilines is 1. The number of halogens is 4. The second kappa shape index (κ2) is 8.12. The predicted octanol–water partition coefficient (Wildman–Crippen LogP) is 3.86. The van der Waals surface area contributed by atoms with Crippen molar-refractivity contribution in [1.82, 2.24) is 9.78 Å². The molecule has 0 radical (unpaired) electrons. The highest BCUT2D eigenvalue weighted by Crippen LogP contribution is 2.34. The van der Waals surface area contributed by atoms with Gasteiger partial charge in [-0.2, -0.15) is 18.3 Å². The summed E-state index contributed by atoms with van der Waals surface area (Å²) in [5.41, 5.74) is -0.629. The first-order valence-electron chi connectivity index (χ1n) is 8.22. The summed E-state index contributed by atoms with van der Waals surface area (Å²) < 4.78 is 64.0. The van der Waals surface area contributed by atoms with E-state index < -0.39 is 33.2 Å². The molecule has 0 aliphatic carbocycles. The molecule has 0 aliphatic rings. The van der Waals surface area contributed by atoms with Crippen molar-refractivity contribution in [2.24, 2.45) is 5.92 Å². The molecule has 0 spiro atoms. The molecule has 1 amide bonds. The normalized spacial score (nSPS) is 12.4. The van der Waals surface area contributed by atoms with Crippen LogP contribution in [0, 0.1) is 12.8 Å². The lowest BCUT2D eigenvalue weighted by atomic mass is 10.2. The Labute approximate surface area is 165 Å². The number of carbonyl (C=O) groups is 1. The maximum Gasteiger partial charge on any atom is 0.416 e. The number of alkyl halides is 3. The summed E-state index contributed by atoms with van der Waals surface area (Å²) in [6, 6.07) is 4.12. The van der Waals surface area contributed by atoms with Crippen LogP contribution in [-0.2, 0) is 20.8 Å². The van der Waals surface area contributed by atoms with E-state index in [4.69, 9.17) is 11.6 Å². The monoisotopic (exact) mass is 437 g/mol. The van der Waals surface area contributed by atoms with Crippen LogP contribution in [0.4, 0.5) is 19.0 Å². The van der Waals surface area contributed by atoms with Crippen LogP contribution in [0.5, 0.6) is 0 Å². The molecule has 1 heterocycles. The fourth-order valence-electron chi connectivity index (χ4n) is 2.57. The summed E-state index contributed by atoms with van der Waals surface area (Å²) in [7, 11) is -3.62. The van der Waals surface area contributed by atoms with Gasteiger partial charge in [-0.1, -0.05) is 25.4 Å². The largest absolute Gasteiger partial charge is 0.416 e. The zero-order chi connectivity index (χ0) is 21.3. The molecule has 0 bridgehead atoms. The first kappa shape index (κ1) is 22.2. The number of hydrogen-bond acceptors (Lipinski definition) is 4. The molecule has 6 nitrogen and oxygen atoms in total. The van der Waals surface area contributed by atoms with E-state index in [0.717, 1.165) is 22.9 Å². The Kier molecular flexibility index (Phi) is 6.44. The Morgan fingerprint density at radius 1 is 1.29 bits per heavy atom. The van der Waals surface area contributed by atoms with Gasteiger partial charge in [-0.15, -0.1) is 0 Å². The number of aromatic nitrogens is 2. The van der Waals surface area contributed by atoms with E-state index in [2.05, 4.69) is 10.4 Å². The topological polar surface area (TPSA) is 81.1 Å². The Balaban J connectivity index is 2.35. The van der Waals surface area contributed by atoms with E-state index in [1.165, 1.54) is 6.07 Å². The van der Waals surface area contributed by atoms with E-state index >= 15 is 0 Å². The lowest BCUT2D eigenvalue weighted by Crippen LogP contribution is -2.27. The standard InChI is InChI=1S/C17H19ClF3N3O3S/c1-10(2)8-28(26,27)9-16(25)22-15-6-11(3)23-24(15)14-7-12(17(19,20)21)4-5-13(14)18/h4-7,10H,8-9H2,1-3H3,(H,22,25). The maximum absolute atomic E-state index is 13.0. The van der Waals surface area contributed by atoms with Crippen LogP contribution >= 0.6 is 11.6 Å². The maximum atomic E-state index is 13.0. The van der Waals surface area contributed by atoms with Gasteiger partial charge in [0.1, 0.15) is 11.6 Å². The number of rotatable bonds is 6. The highest BCUT2D eigenvalue weighted by molar-refractivity contribution is 7.92. The molecular formula is C17H19ClF3N3O3S. The highest BCUT2D eigenvalue weighted by atomic mass is 35.5. The molecule has 28 heavy (non-hydrogen) atoms. The summed E-state index contributed by atoms with van der Waals surface area (Å²) in [5.74, 6) is -1.84. The summed E-state index contributed by atoms with van der Waals surface area (Å²) in [4.78, 5) is 12.2. The number of benzene rings is 1. The van der Waals surface area contributed by atoms with Crippen molar-refractivity contribution >= 4 is 33.2 Å². The van der Waals surface area contributed by atoms with Crippen LogP contribution in [0.3, 0.4) is 0 Å². The molecule has 0 saturated carbocycles. The van der Waals surface area contributed by atoms with Crippen molar-refractivity contribution in [3.8, 4) is 5.69 Å². The van der Waals surface area contributed by atoms with Crippen LogP contribution in [0.15, 0.2) is 24.3 Å². The third-order valence-electron chi connectivity index (χ3n) is 3.54. The van der Waals surface area contributed by atoms with Crippen LogP contribution in [0.1, 0.15) is 25.1 Å². The smallest absolute Gasteiger partial charge is 0.310 e. The van der Waals surface area contributed by atoms with Gasteiger partial charge in [0.2, 0.25) is 5.91 Å². The van der Waals surface area contributed by atoms with E-state index in [-0.39, 0.29) is 28.2 Å². The van der Waals surface area contributed by atoms with Crippen LogP contribution in [0.2, 0.25) is 5.02 Å². The van der Waals surface area contributed by atoms with E-state index in [1.54, 1.807) is 20.8 Å². The molecule has 0 fully saturated rings. The summed E-state index contributed by atoms with van der Waals surface area (Å²) >= 11 is 6.03. The Morgan fingerprint density at radius 2 is 1.93 bits per heavy atom. The number of carbonyl (C=O) groups excluding carboxylic acids is 1. The van der Waals surface area contributed by atoms with Crippen LogP contribution in [0.25, 0.3) is 5.69 Å². The summed E-state index contributed by atoms with van der Waals surface area (Å²) in [6.45, 7) is 5.00. The number of nitrogens with one attached hydrogen (secondary N) is 1. The average Bonchev–Trinajstić information content (AvgIpc) is 2.84. The third kappa shape index (κ3) is 5.71. The Morgan fingerprint density at radius 3 is 2.50 bits per heavy atom. The van der Waals surface area contributed by atoms with Crippen molar-refractivity contribution in [2.75, 3.05) is 16.8 Å². The first-order valence-corrected chi connectivity index (χ1v) is 10.4. The third-order valence-corrected chi connectivity index (χ3v) is 5.74. The molecule has 0 atom stereocenters. The lowest BCUT2D eigenvalue weighted by Gasteiger charge is -2.13. The second-order valence-electron chi connectivity index (χ2n) is 6.74.